The molecule has 0 bridgehead atoms. The summed E-state index contributed by atoms with van der Waals surface area (Å²) in [7, 11) is 0. The highest BCUT2D eigenvalue weighted by atomic mass is 19.1. The van der Waals surface area contributed by atoms with Crippen molar-refractivity contribution in [3.63, 3.8) is 0 Å². The van der Waals surface area contributed by atoms with Gasteiger partial charge in [-0.25, -0.2) is 9.18 Å². The van der Waals surface area contributed by atoms with Crippen LogP contribution in [0.15, 0.2) is 66.9 Å². The number of unbranched alkanes of at least 4 members (excludes halogenated alkanes) is 11. The van der Waals surface area contributed by atoms with Gasteiger partial charge in [0.25, 0.3) is 0 Å². The fourth-order valence-corrected chi connectivity index (χ4v) is 5.23. The van der Waals surface area contributed by atoms with Gasteiger partial charge in [0.15, 0.2) is 0 Å². The van der Waals surface area contributed by atoms with Gasteiger partial charge in [-0.1, -0.05) is 127 Å². The number of rotatable bonds is 19. The Labute approximate surface area is 248 Å². The molecule has 4 heteroatoms. The number of alkyl halides is 1. The van der Waals surface area contributed by atoms with Gasteiger partial charge in [-0.15, -0.1) is 0 Å². The minimum absolute atomic E-state index is 0.186. The fourth-order valence-electron chi connectivity index (χ4n) is 5.23. The third kappa shape index (κ3) is 11.1. The predicted molar refractivity (Wildman–Crippen MR) is 170 cm³/mol. The monoisotopic (exact) mass is 559 g/mol. The Kier molecular flexibility index (Phi) is 14.1. The quantitative estimate of drug-likeness (QED) is 0.0833. The molecular formula is C37H50FNO2. The van der Waals surface area contributed by atoms with Crippen molar-refractivity contribution in [3.05, 3.63) is 72.4 Å². The summed E-state index contributed by atoms with van der Waals surface area (Å²) in [6, 6.07) is 19.8. The average molecular weight is 560 g/mol. The molecular weight excluding hydrogens is 509 g/mol. The topological polar surface area (TPSA) is 39.2 Å². The van der Waals surface area contributed by atoms with Gasteiger partial charge in [0.1, 0.15) is 5.75 Å². The van der Waals surface area contributed by atoms with Crippen molar-refractivity contribution in [1.82, 2.24) is 4.98 Å². The maximum absolute atomic E-state index is 15.0. The zero-order valence-electron chi connectivity index (χ0n) is 25.6. The van der Waals surface area contributed by atoms with Crippen molar-refractivity contribution >= 4 is 5.97 Å². The molecule has 222 valence electrons. The van der Waals surface area contributed by atoms with Gasteiger partial charge in [0, 0.05) is 11.8 Å². The molecule has 1 heterocycles. The summed E-state index contributed by atoms with van der Waals surface area (Å²) < 4.78 is 20.4. The Hall–Kier alpha value is -3.01. The lowest BCUT2D eigenvalue weighted by Crippen LogP contribution is -2.34. The molecule has 0 spiro atoms. The molecule has 0 radical (unpaired) electrons. The van der Waals surface area contributed by atoms with Gasteiger partial charge in [0.2, 0.25) is 5.67 Å². The summed E-state index contributed by atoms with van der Waals surface area (Å²) in [5.41, 5.74) is 3.33. The van der Waals surface area contributed by atoms with E-state index in [9.17, 15) is 9.18 Å². The summed E-state index contributed by atoms with van der Waals surface area (Å²) in [6.07, 6.45) is 18.8. The number of nitrogens with zero attached hydrogens (tertiary/aromatic N) is 1. The van der Waals surface area contributed by atoms with E-state index in [0.717, 1.165) is 54.5 Å². The second-order valence-corrected chi connectivity index (χ2v) is 11.6. The third-order valence-corrected chi connectivity index (χ3v) is 7.90. The molecule has 0 aliphatic heterocycles. The van der Waals surface area contributed by atoms with Crippen LogP contribution >= 0.6 is 0 Å². The van der Waals surface area contributed by atoms with E-state index in [4.69, 9.17) is 9.72 Å². The number of aromatic nitrogens is 1. The first-order chi connectivity index (χ1) is 19.9. The molecule has 3 aromatic rings. The van der Waals surface area contributed by atoms with Crippen molar-refractivity contribution in [3.8, 4) is 28.1 Å². The first-order valence-corrected chi connectivity index (χ1v) is 16.0. The van der Waals surface area contributed by atoms with E-state index in [1.54, 1.807) is 12.1 Å². The molecule has 0 saturated heterocycles. The molecule has 1 aromatic heterocycles. The van der Waals surface area contributed by atoms with Crippen molar-refractivity contribution in [2.75, 3.05) is 0 Å². The van der Waals surface area contributed by atoms with E-state index in [1.165, 1.54) is 63.9 Å². The number of halogens is 1. The number of carbonyl (C=O) groups excluding carboxylic acids is 1. The number of ether oxygens (including phenoxy) is 1. The van der Waals surface area contributed by atoms with Gasteiger partial charge in [-0.3, -0.25) is 4.98 Å². The zero-order chi connectivity index (χ0) is 29.3. The van der Waals surface area contributed by atoms with Crippen LogP contribution in [-0.4, -0.2) is 16.6 Å². The summed E-state index contributed by atoms with van der Waals surface area (Å²) in [5, 5.41) is 0. The molecule has 2 aromatic carbocycles. The van der Waals surface area contributed by atoms with Crippen LogP contribution < -0.4 is 4.74 Å². The molecule has 0 amide bonds. The Bertz CT molecular complexity index is 1150. The van der Waals surface area contributed by atoms with Crippen LogP contribution in [0.1, 0.15) is 116 Å². The molecule has 0 fully saturated rings. The lowest BCUT2D eigenvalue weighted by Gasteiger charge is -2.18. The number of benzene rings is 2. The molecule has 3 nitrogen and oxygen atoms in total. The molecule has 0 aliphatic rings. The van der Waals surface area contributed by atoms with Gasteiger partial charge in [-0.05, 0) is 67.5 Å². The lowest BCUT2D eigenvalue weighted by molar-refractivity contribution is -0.147. The van der Waals surface area contributed by atoms with Crippen molar-refractivity contribution in [2.45, 2.75) is 123 Å². The molecule has 0 N–H and O–H groups in total. The van der Waals surface area contributed by atoms with Crippen LogP contribution in [0, 0.1) is 0 Å². The SMILES string of the molecule is CCCCCCCCCCc1ccc(-c2ccccc2-c2ccc(OC(=O)C(C)(F)CCCCCCC)cc2)nc1. The van der Waals surface area contributed by atoms with Gasteiger partial charge >= 0.3 is 5.97 Å². The summed E-state index contributed by atoms with van der Waals surface area (Å²) >= 11 is 0. The summed E-state index contributed by atoms with van der Waals surface area (Å²) in [5.74, 6) is -0.466. The number of aryl methyl sites for hydroxylation is 1. The van der Waals surface area contributed by atoms with Crippen molar-refractivity contribution in [2.24, 2.45) is 0 Å². The Morgan fingerprint density at radius 1 is 0.732 bits per heavy atom. The molecule has 1 unspecified atom stereocenters. The number of esters is 1. The second kappa shape index (κ2) is 17.7. The summed E-state index contributed by atoms with van der Waals surface area (Å²) in [4.78, 5) is 17.3. The van der Waals surface area contributed by atoms with Crippen molar-refractivity contribution in [1.29, 1.82) is 0 Å². The lowest BCUT2D eigenvalue weighted by atomic mass is 9.96. The standard InChI is InChI=1S/C37H50FNO2/c1-4-6-8-10-11-12-13-15-19-30-22-27-35(39-29-30)34-21-17-16-20-33(34)31-23-25-32(26-24-31)41-36(40)37(3,38)28-18-14-9-7-5-2/h16-17,20-27,29H,4-15,18-19,28H2,1-3H3. The van der Waals surface area contributed by atoms with Gasteiger partial charge in [0.05, 0.1) is 5.69 Å². The zero-order valence-corrected chi connectivity index (χ0v) is 25.6. The third-order valence-electron chi connectivity index (χ3n) is 7.90. The highest BCUT2D eigenvalue weighted by Gasteiger charge is 2.34. The number of carbonyl (C=O) groups is 1. The predicted octanol–water partition coefficient (Wildman–Crippen LogP) is 11.1. The van der Waals surface area contributed by atoms with Crippen LogP contribution in [0.3, 0.4) is 0 Å². The van der Waals surface area contributed by atoms with Gasteiger partial charge < -0.3 is 4.74 Å². The van der Waals surface area contributed by atoms with Crippen LogP contribution in [0.5, 0.6) is 5.75 Å². The fraction of sp³-hybridized carbons (Fsp3) is 0.514. The first kappa shape index (κ1) is 32.5. The smallest absolute Gasteiger partial charge is 0.348 e. The highest BCUT2D eigenvalue weighted by molar-refractivity contribution is 5.83. The number of pyridine rings is 1. The van der Waals surface area contributed by atoms with E-state index >= 15 is 0 Å². The van der Waals surface area contributed by atoms with E-state index < -0.39 is 11.6 Å². The van der Waals surface area contributed by atoms with E-state index in [1.807, 2.05) is 30.5 Å². The van der Waals surface area contributed by atoms with E-state index in [2.05, 4.69) is 38.1 Å². The Morgan fingerprint density at radius 3 is 1.93 bits per heavy atom. The molecule has 0 saturated carbocycles. The molecule has 1 atom stereocenters. The first-order valence-electron chi connectivity index (χ1n) is 16.0. The maximum Gasteiger partial charge on any atom is 0.348 e. The number of hydrogen-bond acceptors (Lipinski definition) is 3. The average Bonchev–Trinajstić information content (AvgIpc) is 2.99. The van der Waals surface area contributed by atoms with Crippen LogP contribution in [0.2, 0.25) is 0 Å². The minimum Gasteiger partial charge on any atom is -0.424 e. The second-order valence-electron chi connectivity index (χ2n) is 11.6. The molecule has 0 aliphatic carbocycles. The van der Waals surface area contributed by atoms with Crippen LogP contribution in [-0.2, 0) is 11.2 Å². The van der Waals surface area contributed by atoms with Crippen LogP contribution in [0.25, 0.3) is 22.4 Å². The molecule has 3 rings (SSSR count). The summed E-state index contributed by atoms with van der Waals surface area (Å²) in [6.45, 7) is 5.73. The van der Waals surface area contributed by atoms with E-state index in [0.29, 0.717) is 12.2 Å². The minimum atomic E-state index is -1.98. The van der Waals surface area contributed by atoms with Crippen molar-refractivity contribution < 1.29 is 13.9 Å². The number of hydrogen-bond donors (Lipinski definition) is 0. The van der Waals surface area contributed by atoms with Gasteiger partial charge in [-0.2, -0.15) is 0 Å². The molecule has 41 heavy (non-hydrogen) atoms. The maximum atomic E-state index is 15.0. The Morgan fingerprint density at radius 2 is 1.32 bits per heavy atom. The normalized spacial score (nSPS) is 12.7. The Balaban J connectivity index is 1.55. The van der Waals surface area contributed by atoms with Crippen LogP contribution in [0.4, 0.5) is 4.39 Å². The van der Waals surface area contributed by atoms with E-state index in [-0.39, 0.29) is 6.42 Å². The highest BCUT2D eigenvalue weighted by Crippen LogP contribution is 2.32. The largest absolute Gasteiger partial charge is 0.424 e.